The number of benzene rings is 1. The van der Waals surface area contributed by atoms with Crippen molar-refractivity contribution in [2.75, 3.05) is 14.2 Å². The number of fused-ring (bicyclic) bond motifs is 1. The predicted octanol–water partition coefficient (Wildman–Crippen LogP) is 1.90. The van der Waals surface area contributed by atoms with Crippen molar-refractivity contribution in [2.45, 2.75) is 25.9 Å². The highest BCUT2D eigenvalue weighted by Gasteiger charge is 2.19. The lowest BCUT2D eigenvalue weighted by Gasteiger charge is -2.14. The molecule has 1 aromatic carbocycles. The Kier molecular flexibility index (Phi) is 4.41. The number of hydrogen-bond acceptors (Lipinski definition) is 4. The minimum atomic E-state index is -0.0665. The van der Waals surface area contributed by atoms with Crippen LogP contribution in [0.2, 0.25) is 0 Å². The Bertz CT molecular complexity index is 736. The number of likely N-dealkylation sites (N-methyl/N-ethyl adjacent to an activating group) is 1. The summed E-state index contributed by atoms with van der Waals surface area (Å²) < 4.78 is 7.28. The van der Waals surface area contributed by atoms with E-state index in [2.05, 4.69) is 14.8 Å². The van der Waals surface area contributed by atoms with Gasteiger partial charge in [0.2, 0.25) is 5.91 Å². The van der Waals surface area contributed by atoms with Crippen molar-refractivity contribution in [3.8, 4) is 5.75 Å². The van der Waals surface area contributed by atoms with Gasteiger partial charge in [-0.15, -0.1) is 10.2 Å². The first-order valence-electron chi connectivity index (χ1n) is 7.65. The minimum absolute atomic E-state index is 0.0665. The molecular weight excluding hydrogens is 292 g/mol. The molecule has 6 nitrogen and oxygen atoms in total. The van der Waals surface area contributed by atoms with E-state index in [4.69, 9.17) is 4.74 Å². The Morgan fingerprint density at radius 1 is 1.43 bits per heavy atom. The molecule has 0 atom stereocenters. The van der Waals surface area contributed by atoms with E-state index in [-0.39, 0.29) is 5.91 Å². The third kappa shape index (κ3) is 3.41. The van der Waals surface area contributed by atoms with Crippen molar-refractivity contribution < 1.29 is 9.53 Å². The maximum Gasteiger partial charge on any atom is 0.246 e. The van der Waals surface area contributed by atoms with Crippen LogP contribution in [0.1, 0.15) is 23.6 Å². The van der Waals surface area contributed by atoms with Crippen LogP contribution in [0.5, 0.6) is 5.75 Å². The molecule has 0 unspecified atom stereocenters. The fraction of sp³-hybridized carbons (Fsp3) is 0.353. The van der Waals surface area contributed by atoms with Crippen LogP contribution in [0.3, 0.4) is 0 Å². The first kappa shape index (κ1) is 15.3. The van der Waals surface area contributed by atoms with Crippen molar-refractivity contribution in [3.63, 3.8) is 0 Å². The molecule has 0 bridgehead atoms. The van der Waals surface area contributed by atoms with E-state index >= 15 is 0 Å². The van der Waals surface area contributed by atoms with Crippen LogP contribution < -0.4 is 4.74 Å². The lowest BCUT2D eigenvalue weighted by Crippen LogP contribution is -2.25. The molecule has 0 saturated heterocycles. The summed E-state index contributed by atoms with van der Waals surface area (Å²) in [7, 11) is 3.40. The number of methoxy groups -OCH3 is 1. The molecule has 0 N–H and O–H groups in total. The Hall–Kier alpha value is -2.63. The number of ether oxygens (including phenoxy) is 1. The lowest BCUT2D eigenvalue weighted by molar-refractivity contribution is -0.125. The van der Waals surface area contributed by atoms with Gasteiger partial charge in [-0.3, -0.25) is 4.79 Å². The molecule has 0 saturated carbocycles. The standard InChI is InChI=1S/C17H20N4O2/c1-20(12-16-19-18-15-7-4-10-21(15)16)17(22)9-8-13-5-3-6-14(11-13)23-2/h3,5-6,8-9,11H,4,7,10,12H2,1-2H3. The zero-order valence-electron chi connectivity index (χ0n) is 13.4. The van der Waals surface area contributed by atoms with E-state index in [9.17, 15) is 4.79 Å². The molecule has 0 aliphatic carbocycles. The van der Waals surface area contributed by atoms with Crippen LogP contribution in [0.25, 0.3) is 6.08 Å². The van der Waals surface area contributed by atoms with Crippen LogP contribution in [0.15, 0.2) is 30.3 Å². The summed E-state index contributed by atoms with van der Waals surface area (Å²) in [5.41, 5.74) is 0.925. The third-order valence-electron chi connectivity index (χ3n) is 3.95. The van der Waals surface area contributed by atoms with Crippen LogP contribution in [0.4, 0.5) is 0 Å². The van der Waals surface area contributed by atoms with Gasteiger partial charge in [0.25, 0.3) is 0 Å². The van der Waals surface area contributed by atoms with Gasteiger partial charge >= 0.3 is 0 Å². The van der Waals surface area contributed by atoms with Crippen LogP contribution >= 0.6 is 0 Å². The normalized spacial score (nSPS) is 13.3. The molecule has 0 radical (unpaired) electrons. The van der Waals surface area contributed by atoms with E-state index in [0.717, 1.165) is 42.3 Å². The van der Waals surface area contributed by atoms with Gasteiger partial charge in [0, 0.05) is 26.1 Å². The summed E-state index contributed by atoms with van der Waals surface area (Å²) in [6.45, 7) is 1.41. The zero-order valence-corrected chi connectivity index (χ0v) is 13.4. The predicted molar refractivity (Wildman–Crippen MR) is 86.8 cm³/mol. The molecule has 23 heavy (non-hydrogen) atoms. The number of amides is 1. The molecule has 0 spiro atoms. The summed E-state index contributed by atoms with van der Waals surface area (Å²) >= 11 is 0. The number of nitrogens with zero attached hydrogens (tertiary/aromatic N) is 4. The number of rotatable bonds is 5. The summed E-state index contributed by atoms with van der Waals surface area (Å²) in [5.74, 6) is 2.58. The molecule has 120 valence electrons. The van der Waals surface area contributed by atoms with Gasteiger partial charge in [-0.25, -0.2) is 0 Å². The largest absolute Gasteiger partial charge is 0.497 e. The molecule has 1 aromatic heterocycles. The fourth-order valence-corrected chi connectivity index (χ4v) is 2.66. The SMILES string of the molecule is COc1cccc(C=CC(=O)N(C)Cc2nnc3n2CCC3)c1. The molecule has 6 heteroatoms. The second kappa shape index (κ2) is 6.64. The highest BCUT2D eigenvalue weighted by molar-refractivity contribution is 5.91. The van der Waals surface area contributed by atoms with Gasteiger partial charge in [-0.2, -0.15) is 0 Å². The Labute approximate surface area is 135 Å². The van der Waals surface area contributed by atoms with Gasteiger partial charge in [-0.1, -0.05) is 12.1 Å². The van der Waals surface area contributed by atoms with Crippen LogP contribution in [-0.2, 0) is 24.3 Å². The Balaban J connectivity index is 1.64. The van der Waals surface area contributed by atoms with Crippen molar-refractivity contribution in [2.24, 2.45) is 0 Å². The van der Waals surface area contributed by atoms with Crippen molar-refractivity contribution in [1.29, 1.82) is 0 Å². The van der Waals surface area contributed by atoms with E-state index < -0.39 is 0 Å². The molecule has 3 rings (SSSR count). The summed E-state index contributed by atoms with van der Waals surface area (Å²) in [6.07, 6.45) is 5.43. The molecule has 1 aliphatic heterocycles. The average molecular weight is 312 g/mol. The highest BCUT2D eigenvalue weighted by atomic mass is 16.5. The van der Waals surface area contributed by atoms with Gasteiger partial charge in [-0.05, 0) is 30.2 Å². The van der Waals surface area contributed by atoms with Gasteiger partial charge in [0.15, 0.2) is 5.82 Å². The third-order valence-corrected chi connectivity index (χ3v) is 3.95. The van der Waals surface area contributed by atoms with E-state index in [1.54, 1.807) is 31.2 Å². The molecule has 1 aliphatic rings. The summed E-state index contributed by atoms with van der Waals surface area (Å²) in [6, 6.07) is 7.58. The number of carbonyl (C=O) groups is 1. The summed E-state index contributed by atoms with van der Waals surface area (Å²) in [4.78, 5) is 13.9. The van der Waals surface area contributed by atoms with Gasteiger partial charge < -0.3 is 14.2 Å². The van der Waals surface area contributed by atoms with Crippen molar-refractivity contribution in [3.05, 3.63) is 47.6 Å². The molecule has 1 amide bonds. The smallest absolute Gasteiger partial charge is 0.246 e. The molecule has 2 heterocycles. The van der Waals surface area contributed by atoms with Crippen molar-refractivity contribution >= 4 is 12.0 Å². The van der Waals surface area contributed by atoms with Gasteiger partial charge in [0.1, 0.15) is 11.6 Å². The molecule has 0 fully saturated rings. The number of aromatic nitrogens is 3. The lowest BCUT2D eigenvalue weighted by atomic mass is 10.2. The monoisotopic (exact) mass is 312 g/mol. The topological polar surface area (TPSA) is 60.2 Å². The van der Waals surface area contributed by atoms with Crippen LogP contribution in [-0.4, -0.2) is 39.7 Å². The average Bonchev–Trinajstić information content (AvgIpc) is 3.17. The maximum atomic E-state index is 12.2. The first-order chi connectivity index (χ1) is 11.2. The zero-order chi connectivity index (χ0) is 16.2. The van der Waals surface area contributed by atoms with Gasteiger partial charge in [0.05, 0.1) is 13.7 Å². The number of aryl methyl sites for hydroxylation is 1. The summed E-state index contributed by atoms with van der Waals surface area (Å²) in [5, 5.41) is 8.34. The molecular formula is C17H20N4O2. The molecule has 2 aromatic rings. The minimum Gasteiger partial charge on any atom is -0.497 e. The quantitative estimate of drug-likeness (QED) is 0.791. The Morgan fingerprint density at radius 2 is 2.30 bits per heavy atom. The van der Waals surface area contributed by atoms with E-state index in [1.165, 1.54) is 0 Å². The Morgan fingerprint density at radius 3 is 3.13 bits per heavy atom. The van der Waals surface area contributed by atoms with E-state index in [0.29, 0.717) is 6.54 Å². The van der Waals surface area contributed by atoms with Crippen molar-refractivity contribution in [1.82, 2.24) is 19.7 Å². The second-order valence-corrected chi connectivity index (χ2v) is 5.59. The number of hydrogen-bond donors (Lipinski definition) is 0. The van der Waals surface area contributed by atoms with Crippen LogP contribution in [0, 0.1) is 0 Å². The number of carbonyl (C=O) groups excluding carboxylic acids is 1. The highest BCUT2D eigenvalue weighted by Crippen LogP contribution is 2.16. The fourth-order valence-electron chi connectivity index (χ4n) is 2.66. The second-order valence-electron chi connectivity index (χ2n) is 5.59. The van der Waals surface area contributed by atoms with E-state index in [1.807, 2.05) is 24.3 Å². The maximum absolute atomic E-state index is 12.2. The first-order valence-corrected chi connectivity index (χ1v) is 7.65.